The van der Waals surface area contributed by atoms with Crippen molar-refractivity contribution in [1.29, 1.82) is 0 Å². The van der Waals surface area contributed by atoms with Crippen molar-refractivity contribution in [2.75, 3.05) is 27.2 Å². The maximum absolute atomic E-state index is 12.7. The van der Waals surface area contributed by atoms with Crippen molar-refractivity contribution in [3.05, 3.63) is 35.4 Å². The second-order valence-corrected chi connectivity index (χ2v) is 5.91. The zero-order valence-electron chi connectivity index (χ0n) is 13.3. The average Bonchev–Trinajstić information content (AvgIpc) is 2.52. The molecule has 0 bridgehead atoms. The summed E-state index contributed by atoms with van der Waals surface area (Å²) in [4.78, 5) is 13.5. The molecular formula is C16H22F3N3O. The minimum atomic E-state index is -4.32. The Morgan fingerprint density at radius 3 is 2.52 bits per heavy atom. The molecule has 23 heavy (non-hydrogen) atoms. The highest BCUT2D eigenvalue weighted by Crippen LogP contribution is 2.36. The van der Waals surface area contributed by atoms with Gasteiger partial charge in [0.05, 0.1) is 5.56 Å². The van der Waals surface area contributed by atoms with Crippen LogP contribution < -0.4 is 10.6 Å². The molecule has 1 aromatic rings. The van der Waals surface area contributed by atoms with E-state index in [0.717, 1.165) is 37.1 Å². The number of rotatable bonds is 3. The molecule has 0 aliphatic carbocycles. The Hall–Kier alpha value is -1.76. The first-order valence-electron chi connectivity index (χ1n) is 7.66. The van der Waals surface area contributed by atoms with Gasteiger partial charge in [0, 0.05) is 19.6 Å². The van der Waals surface area contributed by atoms with Gasteiger partial charge in [0.15, 0.2) is 0 Å². The van der Waals surface area contributed by atoms with Gasteiger partial charge in [0.2, 0.25) is 0 Å². The Labute approximate surface area is 134 Å². The molecule has 128 valence electrons. The topological polar surface area (TPSA) is 44.4 Å². The number of hydrogen-bond donors (Lipinski definition) is 2. The van der Waals surface area contributed by atoms with Crippen molar-refractivity contribution in [2.45, 2.75) is 25.1 Å². The van der Waals surface area contributed by atoms with E-state index >= 15 is 0 Å². The highest BCUT2D eigenvalue weighted by atomic mass is 19.4. The molecule has 2 atom stereocenters. The summed E-state index contributed by atoms with van der Waals surface area (Å²) in [6, 6.07) is 5.10. The number of carbonyl (C=O) groups is 1. The van der Waals surface area contributed by atoms with E-state index in [1.54, 1.807) is 19.2 Å². The van der Waals surface area contributed by atoms with Crippen LogP contribution in [0.5, 0.6) is 0 Å². The third-order valence-corrected chi connectivity index (χ3v) is 4.34. The number of nitrogens with zero attached hydrogens (tertiary/aromatic N) is 1. The van der Waals surface area contributed by atoms with E-state index in [2.05, 4.69) is 15.5 Å². The van der Waals surface area contributed by atoms with E-state index in [0.29, 0.717) is 6.54 Å². The normalized spacial score (nSPS) is 22.7. The molecule has 0 spiro atoms. The van der Waals surface area contributed by atoms with Crippen LogP contribution in [0.25, 0.3) is 0 Å². The van der Waals surface area contributed by atoms with Gasteiger partial charge in [0.25, 0.3) is 0 Å². The van der Waals surface area contributed by atoms with Crippen LogP contribution in [0, 0.1) is 5.92 Å². The summed E-state index contributed by atoms with van der Waals surface area (Å²) in [5, 5.41) is 5.31. The van der Waals surface area contributed by atoms with Crippen LogP contribution in [0.15, 0.2) is 24.3 Å². The summed E-state index contributed by atoms with van der Waals surface area (Å²) < 4.78 is 38.1. The predicted octanol–water partition coefficient (Wildman–Crippen LogP) is 3.02. The van der Waals surface area contributed by atoms with Crippen LogP contribution in [-0.2, 0) is 6.18 Å². The molecule has 1 aromatic carbocycles. The van der Waals surface area contributed by atoms with Gasteiger partial charge in [-0.25, -0.2) is 4.79 Å². The van der Waals surface area contributed by atoms with Crippen molar-refractivity contribution in [2.24, 2.45) is 5.92 Å². The first-order valence-corrected chi connectivity index (χ1v) is 7.66. The van der Waals surface area contributed by atoms with E-state index in [-0.39, 0.29) is 18.0 Å². The van der Waals surface area contributed by atoms with Crippen molar-refractivity contribution in [3.8, 4) is 0 Å². The van der Waals surface area contributed by atoms with E-state index in [1.165, 1.54) is 0 Å². The Bertz CT molecular complexity index is 530. The highest BCUT2D eigenvalue weighted by molar-refractivity contribution is 5.73. The first-order chi connectivity index (χ1) is 10.8. The lowest BCUT2D eigenvalue weighted by Gasteiger charge is -2.39. The van der Waals surface area contributed by atoms with Gasteiger partial charge in [-0.2, -0.15) is 13.2 Å². The molecule has 1 aliphatic heterocycles. The minimum absolute atomic E-state index is 0.00295. The number of amides is 2. The molecular weight excluding hydrogens is 307 g/mol. The molecule has 2 amide bonds. The van der Waals surface area contributed by atoms with Gasteiger partial charge >= 0.3 is 12.2 Å². The maximum atomic E-state index is 12.7. The van der Waals surface area contributed by atoms with Crippen LogP contribution in [0.1, 0.15) is 30.0 Å². The summed E-state index contributed by atoms with van der Waals surface area (Å²) >= 11 is 0. The summed E-state index contributed by atoms with van der Waals surface area (Å²) in [6.45, 7) is 1.39. The van der Waals surface area contributed by atoms with Gasteiger partial charge in [-0.05, 0) is 50.0 Å². The van der Waals surface area contributed by atoms with E-state index in [9.17, 15) is 18.0 Å². The molecule has 0 radical (unpaired) electrons. The van der Waals surface area contributed by atoms with E-state index in [1.807, 2.05) is 7.05 Å². The molecule has 1 aliphatic rings. The fourth-order valence-corrected chi connectivity index (χ4v) is 3.18. The lowest BCUT2D eigenvalue weighted by molar-refractivity contribution is -0.137. The predicted molar refractivity (Wildman–Crippen MR) is 82.0 cm³/mol. The molecule has 0 unspecified atom stereocenters. The Morgan fingerprint density at radius 1 is 1.30 bits per heavy atom. The summed E-state index contributed by atoms with van der Waals surface area (Å²) in [7, 11) is 3.52. The summed E-state index contributed by atoms with van der Waals surface area (Å²) in [5.41, 5.74) is 0.212. The molecule has 0 saturated carbocycles. The minimum Gasteiger partial charge on any atom is -0.341 e. The summed E-state index contributed by atoms with van der Waals surface area (Å²) in [6.07, 6.45) is -2.38. The Kier molecular flexibility index (Phi) is 5.51. The van der Waals surface area contributed by atoms with Gasteiger partial charge in [0.1, 0.15) is 0 Å². The van der Waals surface area contributed by atoms with Gasteiger partial charge < -0.3 is 10.6 Å². The third-order valence-electron chi connectivity index (χ3n) is 4.34. The lowest BCUT2D eigenvalue weighted by atomic mass is 9.84. The first kappa shape index (κ1) is 17.6. The number of urea groups is 1. The Balaban J connectivity index is 2.16. The zero-order chi connectivity index (χ0) is 17.0. The lowest BCUT2D eigenvalue weighted by Crippen LogP contribution is -2.43. The van der Waals surface area contributed by atoms with Crippen LogP contribution >= 0.6 is 0 Å². The monoisotopic (exact) mass is 329 g/mol. The molecule has 0 aromatic heterocycles. The standard InChI is InChI=1S/C16H22F3N3O/c1-20-15(23)21-10-12-4-3-9-22(2)14(12)11-5-7-13(8-6-11)16(17,18)19/h5-8,12,14H,3-4,9-10H2,1-2H3,(H2,20,21,23)/t12-,14+/m1/s1. The van der Waals surface area contributed by atoms with Crippen LogP contribution in [0.3, 0.4) is 0 Å². The molecule has 4 nitrogen and oxygen atoms in total. The molecule has 1 heterocycles. The number of piperidine rings is 1. The number of carbonyl (C=O) groups excluding carboxylic acids is 1. The largest absolute Gasteiger partial charge is 0.416 e. The fourth-order valence-electron chi connectivity index (χ4n) is 3.18. The molecule has 1 fully saturated rings. The summed E-state index contributed by atoms with van der Waals surface area (Å²) in [5.74, 6) is 0.169. The SMILES string of the molecule is CNC(=O)NC[C@H]1CCCN(C)[C@H]1c1ccc(C(F)(F)F)cc1. The van der Waals surface area contributed by atoms with Gasteiger partial charge in [-0.3, -0.25) is 4.90 Å². The zero-order valence-corrected chi connectivity index (χ0v) is 13.3. The van der Waals surface area contributed by atoms with Crippen molar-refractivity contribution in [3.63, 3.8) is 0 Å². The van der Waals surface area contributed by atoms with Crippen LogP contribution in [0.4, 0.5) is 18.0 Å². The number of halogens is 3. The second kappa shape index (κ2) is 7.21. The number of nitrogens with one attached hydrogen (secondary N) is 2. The fraction of sp³-hybridized carbons (Fsp3) is 0.562. The van der Waals surface area contributed by atoms with Crippen LogP contribution in [0.2, 0.25) is 0 Å². The van der Waals surface area contributed by atoms with Crippen LogP contribution in [-0.4, -0.2) is 38.1 Å². The highest BCUT2D eigenvalue weighted by Gasteiger charge is 2.33. The average molecular weight is 329 g/mol. The number of benzene rings is 1. The molecule has 1 saturated heterocycles. The van der Waals surface area contributed by atoms with Gasteiger partial charge in [-0.15, -0.1) is 0 Å². The maximum Gasteiger partial charge on any atom is 0.416 e. The Morgan fingerprint density at radius 2 is 1.96 bits per heavy atom. The van der Waals surface area contributed by atoms with Crippen molar-refractivity contribution < 1.29 is 18.0 Å². The smallest absolute Gasteiger partial charge is 0.341 e. The number of hydrogen-bond acceptors (Lipinski definition) is 2. The number of likely N-dealkylation sites (tertiary alicyclic amines) is 1. The van der Waals surface area contributed by atoms with E-state index in [4.69, 9.17) is 0 Å². The third kappa shape index (κ3) is 4.37. The van der Waals surface area contributed by atoms with Gasteiger partial charge in [-0.1, -0.05) is 12.1 Å². The second-order valence-electron chi connectivity index (χ2n) is 5.91. The molecule has 7 heteroatoms. The number of alkyl halides is 3. The van der Waals surface area contributed by atoms with Crippen molar-refractivity contribution in [1.82, 2.24) is 15.5 Å². The quantitative estimate of drug-likeness (QED) is 0.895. The molecule has 2 N–H and O–H groups in total. The van der Waals surface area contributed by atoms with E-state index < -0.39 is 11.7 Å². The molecule has 2 rings (SSSR count). The van der Waals surface area contributed by atoms with Crippen molar-refractivity contribution >= 4 is 6.03 Å².